The first-order chi connectivity index (χ1) is 17.5. The number of aryl methyl sites for hydroxylation is 1. The SMILES string of the molecule is CCCCCOc1ccc(-c2ccc(COc3ccc(-c4ccc(C)cc4)c(F)c3F)cc2)cc1F. The van der Waals surface area contributed by atoms with Gasteiger partial charge in [-0.05, 0) is 59.9 Å². The zero-order valence-electron chi connectivity index (χ0n) is 20.5. The van der Waals surface area contributed by atoms with E-state index in [0.717, 1.165) is 41.5 Å². The van der Waals surface area contributed by atoms with Crippen molar-refractivity contribution in [1.29, 1.82) is 0 Å². The van der Waals surface area contributed by atoms with E-state index in [4.69, 9.17) is 9.47 Å². The normalized spacial score (nSPS) is 10.9. The number of benzene rings is 4. The second-order valence-corrected chi connectivity index (χ2v) is 8.79. The van der Waals surface area contributed by atoms with Crippen molar-refractivity contribution in [3.8, 4) is 33.8 Å². The van der Waals surface area contributed by atoms with Gasteiger partial charge in [-0.3, -0.25) is 0 Å². The molecule has 0 fully saturated rings. The van der Waals surface area contributed by atoms with Gasteiger partial charge < -0.3 is 9.47 Å². The molecule has 186 valence electrons. The van der Waals surface area contributed by atoms with Gasteiger partial charge in [0, 0.05) is 5.56 Å². The van der Waals surface area contributed by atoms with Crippen LogP contribution in [0.15, 0.2) is 78.9 Å². The Labute approximate surface area is 210 Å². The lowest BCUT2D eigenvalue weighted by Gasteiger charge is -2.12. The van der Waals surface area contributed by atoms with Crippen molar-refractivity contribution in [2.24, 2.45) is 0 Å². The fourth-order valence-corrected chi connectivity index (χ4v) is 3.89. The monoisotopic (exact) mass is 490 g/mol. The molecule has 0 heterocycles. The van der Waals surface area contributed by atoms with E-state index in [2.05, 4.69) is 6.92 Å². The molecule has 4 aromatic carbocycles. The summed E-state index contributed by atoms with van der Waals surface area (Å²) in [5.74, 6) is -2.25. The molecule has 5 heteroatoms. The third-order valence-electron chi connectivity index (χ3n) is 6.03. The fraction of sp³-hybridized carbons (Fsp3) is 0.226. The number of rotatable bonds is 10. The minimum absolute atomic E-state index is 0.0689. The van der Waals surface area contributed by atoms with Gasteiger partial charge >= 0.3 is 0 Å². The molecule has 0 N–H and O–H groups in total. The van der Waals surface area contributed by atoms with Crippen molar-refractivity contribution in [2.75, 3.05) is 6.61 Å². The Bertz CT molecular complexity index is 1300. The van der Waals surface area contributed by atoms with Crippen LogP contribution >= 0.6 is 0 Å². The Kier molecular flexibility index (Phi) is 8.32. The van der Waals surface area contributed by atoms with Crippen LogP contribution in [0.3, 0.4) is 0 Å². The summed E-state index contributed by atoms with van der Waals surface area (Å²) in [6.07, 6.45) is 3.03. The van der Waals surface area contributed by atoms with Crippen molar-refractivity contribution < 1.29 is 22.6 Å². The molecule has 0 saturated heterocycles. The minimum atomic E-state index is -1.02. The second-order valence-electron chi connectivity index (χ2n) is 8.79. The van der Waals surface area contributed by atoms with Gasteiger partial charge in [0.25, 0.3) is 0 Å². The zero-order valence-corrected chi connectivity index (χ0v) is 20.5. The average Bonchev–Trinajstić information content (AvgIpc) is 2.89. The van der Waals surface area contributed by atoms with Crippen molar-refractivity contribution in [2.45, 2.75) is 39.7 Å². The molecule has 2 nitrogen and oxygen atoms in total. The Morgan fingerprint density at radius 3 is 2.00 bits per heavy atom. The Morgan fingerprint density at radius 1 is 0.639 bits per heavy atom. The summed E-state index contributed by atoms with van der Waals surface area (Å²) in [4.78, 5) is 0. The first kappa shape index (κ1) is 25.4. The first-order valence-corrected chi connectivity index (χ1v) is 12.2. The maximum absolute atomic E-state index is 14.7. The molecule has 0 amide bonds. The lowest BCUT2D eigenvalue weighted by Crippen LogP contribution is -2.00. The van der Waals surface area contributed by atoms with E-state index in [-0.39, 0.29) is 23.7 Å². The molecule has 0 aliphatic rings. The van der Waals surface area contributed by atoms with E-state index in [1.165, 1.54) is 18.2 Å². The molecule has 0 aliphatic heterocycles. The van der Waals surface area contributed by atoms with Crippen LogP contribution in [0.2, 0.25) is 0 Å². The molecule has 0 aliphatic carbocycles. The van der Waals surface area contributed by atoms with Gasteiger partial charge in [0.15, 0.2) is 23.1 Å². The van der Waals surface area contributed by atoms with Crippen LogP contribution in [0.1, 0.15) is 37.3 Å². The average molecular weight is 491 g/mol. The third kappa shape index (κ3) is 6.09. The van der Waals surface area contributed by atoms with Crippen LogP contribution in [0.5, 0.6) is 11.5 Å². The quantitative estimate of drug-likeness (QED) is 0.207. The van der Waals surface area contributed by atoms with E-state index in [0.29, 0.717) is 12.2 Å². The summed E-state index contributed by atoms with van der Waals surface area (Å²) in [6, 6.07) is 22.4. The molecular weight excluding hydrogens is 461 g/mol. The standard InChI is InChI=1S/C31H29F3O2/c1-3-4-5-18-35-28-16-14-25(19-27(28)32)23-12-8-22(9-13-23)20-36-29-17-15-26(30(33)31(29)34)24-10-6-21(2)7-11-24/h6-17,19H,3-5,18,20H2,1-2H3. The van der Waals surface area contributed by atoms with Gasteiger partial charge in [0.1, 0.15) is 6.61 Å². The van der Waals surface area contributed by atoms with E-state index >= 15 is 0 Å². The van der Waals surface area contributed by atoms with Gasteiger partial charge in [-0.25, -0.2) is 8.78 Å². The maximum atomic E-state index is 14.7. The van der Waals surface area contributed by atoms with Crippen LogP contribution in [0, 0.1) is 24.4 Å². The molecule has 0 spiro atoms. The van der Waals surface area contributed by atoms with Gasteiger partial charge in [0.2, 0.25) is 5.82 Å². The van der Waals surface area contributed by atoms with Crippen LogP contribution in [0.25, 0.3) is 22.3 Å². The van der Waals surface area contributed by atoms with Crippen LogP contribution in [-0.4, -0.2) is 6.61 Å². The Hall–Kier alpha value is -3.73. The van der Waals surface area contributed by atoms with Crippen molar-refractivity contribution in [1.82, 2.24) is 0 Å². The van der Waals surface area contributed by atoms with Gasteiger partial charge in [-0.2, -0.15) is 4.39 Å². The highest BCUT2D eigenvalue weighted by atomic mass is 19.2. The molecule has 0 atom stereocenters. The van der Waals surface area contributed by atoms with E-state index in [1.807, 2.05) is 49.4 Å². The zero-order chi connectivity index (χ0) is 25.5. The van der Waals surface area contributed by atoms with Crippen LogP contribution in [0.4, 0.5) is 13.2 Å². The Morgan fingerprint density at radius 2 is 1.31 bits per heavy atom. The van der Waals surface area contributed by atoms with Crippen LogP contribution < -0.4 is 9.47 Å². The largest absolute Gasteiger partial charge is 0.491 e. The fourth-order valence-electron chi connectivity index (χ4n) is 3.89. The first-order valence-electron chi connectivity index (χ1n) is 12.2. The smallest absolute Gasteiger partial charge is 0.201 e. The predicted octanol–water partition coefficient (Wildman–Crippen LogP) is 8.89. The number of hydrogen-bond donors (Lipinski definition) is 0. The van der Waals surface area contributed by atoms with E-state index in [9.17, 15) is 13.2 Å². The van der Waals surface area contributed by atoms with Crippen molar-refractivity contribution in [3.05, 3.63) is 107 Å². The minimum Gasteiger partial charge on any atom is -0.491 e. The summed E-state index contributed by atoms with van der Waals surface area (Å²) in [5, 5.41) is 0. The Balaban J connectivity index is 1.39. The van der Waals surface area contributed by atoms with Gasteiger partial charge in [-0.15, -0.1) is 0 Å². The predicted molar refractivity (Wildman–Crippen MR) is 138 cm³/mol. The molecule has 0 saturated carbocycles. The summed E-state index contributed by atoms with van der Waals surface area (Å²) < 4.78 is 54.9. The molecule has 0 aromatic heterocycles. The van der Waals surface area contributed by atoms with Gasteiger partial charge in [0.05, 0.1) is 6.61 Å². The number of unbranched alkanes of at least 4 members (excludes halogenated alkanes) is 2. The van der Waals surface area contributed by atoms with Crippen LogP contribution in [-0.2, 0) is 6.61 Å². The van der Waals surface area contributed by atoms with Crippen molar-refractivity contribution in [3.63, 3.8) is 0 Å². The summed E-state index contributed by atoms with van der Waals surface area (Å²) in [6.45, 7) is 4.61. The topological polar surface area (TPSA) is 18.5 Å². The highest BCUT2D eigenvalue weighted by Crippen LogP contribution is 2.31. The second kappa shape index (κ2) is 11.8. The van der Waals surface area contributed by atoms with E-state index < -0.39 is 17.5 Å². The molecule has 36 heavy (non-hydrogen) atoms. The molecule has 4 rings (SSSR count). The number of hydrogen-bond acceptors (Lipinski definition) is 2. The summed E-state index contributed by atoms with van der Waals surface area (Å²) in [7, 11) is 0. The lowest BCUT2D eigenvalue weighted by molar-refractivity contribution is 0.285. The van der Waals surface area contributed by atoms with E-state index in [1.54, 1.807) is 18.2 Å². The molecule has 0 unspecified atom stereocenters. The molecule has 4 aromatic rings. The molecule has 0 bridgehead atoms. The summed E-state index contributed by atoms with van der Waals surface area (Å²) in [5.41, 5.74) is 4.16. The van der Waals surface area contributed by atoms with Gasteiger partial charge in [-0.1, -0.05) is 79.9 Å². The molecular formula is C31H29F3O2. The third-order valence-corrected chi connectivity index (χ3v) is 6.03. The lowest BCUT2D eigenvalue weighted by atomic mass is 10.0. The van der Waals surface area contributed by atoms with Crippen molar-refractivity contribution >= 4 is 0 Å². The highest BCUT2D eigenvalue weighted by Gasteiger charge is 2.16. The summed E-state index contributed by atoms with van der Waals surface area (Å²) >= 11 is 0. The number of halogens is 3. The molecule has 0 radical (unpaired) electrons. The highest BCUT2D eigenvalue weighted by molar-refractivity contribution is 5.66. The number of ether oxygens (including phenoxy) is 2. The maximum Gasteiger partial charge on any atom is 0.201 e.